The summed E-state index contributed by atoms with van der Waals surface area (Å²) >= 11 is 7.00. The van der Waals surface area contributed by atoms with E-state index < -0.39 is 0 Å². The Morgan fingerprint density at radius 3 is 2.55 bits per heavy atom. The fraction of sp³-hybridized carbons (Fsp3) is 0. The number of rotatable bonds is 2. The number of anilines is 2. The quantitative estimate of drug-likeness (QED) is 0.490. The van der Waals surface area contributed by atoms with E-state index in [1.54, 1.807) is 6.33 Å². The molecule has 2 aromatic heterocycles. The van der Waals surface area contributed by atoms with Gasteiger partial charge in [0.25, 0.3) is 0 Å². The van der Waals surface area contributed by atoms with E-state index in [9.17, 15) is 0 Å². The van der Waals surface area contributed by atoms with Gasteiger partial charge in [-0.15, -0.1) is 0 Å². The predicted molar refractivity (Wildman–Crippen MR) is 95.6 cm³/mol. The van der Waals surface area contributed by atoms with Crippen molar-refractivity contribution >= 4 is 59.9 Å². The molecule has 0 fully saturated rings. The molecule has 0 amide bonds. The molecule has 2 heterocycles. The lowest BCUT2D eigenvalue weighted by molar-refractivity contribution is 1.19. The highest BCUT2D eigenvalue weighted by Gasteiger charge is 2.09. The third kappa shape index (κ3) is 2.38. The van der Waals surface area contributed by atoms with Crippen LogP contribution in [0.4, 0.5) is 11.5 Å². The van der Waals surface area contributed by atoms with Gasteiger partial charge < -0.3 is 5.32 Å². The second kappa shape index (κ2) is 5.37. The van der Waals surface area contributed by atoms with E-state index in [4.69, 9.17) is 4.98 Å². The van der Waals surface area contributed by atoms with Gasteiger partial charge in [0, 0.05) is 14.6 Å². The number of hydrogen-bond donors (Lipinski definition) is 1. The Hall–Kier alpha value is -1.92. The average molecular weight is 418 g/mol. The first-order chi connectivity index (χ1) is 10.7. The van der Waals surface area contributed by atoms with Crippen LogP contribution in [0, 0.1) is 0 Å². The van der Waals surface area contributed by atoms with Crippen molar-refractivity contribution in [1.29, 1.82) is 0 Å². The molecule has 4 nitrogen and oxygen atoms in total. The van der Waals surface area contributed by atoms with Crippen LogP contribution in [0.2, 0.25) is 0 Å². The van der Waals surface area contributed by atoms with Gasteiger partial charge >= 0.3 is 0 Å². The zero-order valence-corrected chi connectivity index (χ0v) is 14.5. The third-order valence-corrected chi connectivity index (χ3v) is 4.30. The molecule has 0 atom stereocenters. The van der Waals surface area contributed by atoms with Gasteiger partial charge in [0.2, 0.25) is 0 Å². The molecule has 0 aliphatic carbocycles. The molecule has 4 rings (SSSR count). The molecular weight excluding hydrogens is 408 g/mol. The highest BCUT2D eigenvalue weighted by Crippen LogP contribution is 2.28. The zero-order chi connectivity index (χ0) is 15.1. The number of para-hydroxylation sites is 2. The van der Waals surface area contributed by atoms with Crippen LogP contribution in [-0.2, 0) is 0 Å². The second-order valence-corrected chi connectivity index (χ2v) is 6.71. The van der Waals surface area contributed by atoms with E-state index in [1.165, 1.54) is 0 Å². The minimum atomic E-state index is 0.779. The van der Waals surface area contributed by atoms with Crippen molar-refractivity contribution in [3.8, 4) is 0 Å². The molecule has 0 saturated heterocycles. The van der Waals surface area contributed by atoms with Crippen molar-refractivity contribution in [1.82, 2.24) is 14.4 Å². The molecule has 2 aromatic carbocycles. The Labute approximate surface area is 143 Å². The van der Waals surface area contributed by atoms with Crippen LogP contribution in [0.5, 0.6) is 0 Å². The van der Waals surface area contributed by atoms with Crippen molar-refractivity contribution in [2.75, 3.05) is 5.32 Å². The first-order valence-corrected chi connectivity index (χ1v) is 8.23. The third-order valence-electron chi connectivity index (χ3n) is 3.38. The lowest BCUT2D eigenvalue weighted by atomic mass is 10.3. The topological polar surface area (TPSA) is 42.2 Å². The molecule has 6 heteroatoms. The number of nitrogens with zero attached hydrogens (tertiary/aromatic N) is 3. The largest absolute Gasteiger partial charge is 0.338 e. The smallest absolute Gasteiger partial charge is 0.157 e. The van der Waals surface area contributed by atoms with Crippen LogP contribution in [0.1, 0.15) is 0 Å². The summed E-state index contributed by atoms with van der Waals surface area (Å²) in [6, 6.07) is 14.0. The summed E-state index contributed by atoms with van der Waals surface area (Å²) in [7, 11) is 0. The van der Waals surface area contributed by atoms with Gasteiger partial charge in [-0.2, -0.15) is 0 Å². The van der Waals surface area contributed by atoms with Gasteiger partial charge in [0.05, 0.1) is 23.6 Å². The Morgan fingerprint density at radius 1 is 0.955 bits per heavy atom. The van der Waals surface area contributed by atoms with Crippen molar-refractivity contribution in [3.63, 3.8) is 0 Å². The average Bonchev–Trinajstić information content (AvgIpc) is 2.96. The van der Waals surface area contributed by atoms with E-state index in [1.807, 2.05) is 53.1 Å². The second-order valence-electron chi connectivity index (χ2n) is 4.88. The molecule has 22 heavy (non-hydrogen) atoms. The summed E-state index contributed by atoms with van der Waals surface area (Å²) in [5.74, 6) is 0.779. The molecule has 0 bridgehead atoms. The van der Waals surface area contributed by atoms with Crippen LogP contribution in [0.25, 0.3) is 16.6 Å². The fourth-order valence-electron chi connectivity index (χ4n) is 2.46. The minimum Gasteiger partial charge on any atom is -0.338 e. The standard InChI is InChI=1S/C16H10Br2N4/c17-10-5-11(18)7-12(6-10)20-16-15-8-19-9-22(15)14-4-2-1-3-13(14)21-16/h1-9H,(H,20,21). The van der Waals surface area contributed by atoms with E-state index in [0.717, 1.165) is 37.0 Å². The summed E-state index contributed by atoms with van der Waals surface area (Å²) in [6.07, 6.45) is 3.62. The molecule has 0 saturated carbocycles. The minimum absolute atomic E-state index is 0.779. The first kappa shape index (κ1) is 13.7. The molecule has 0 unspecified atom stereocenters. The van der Waals surface area contributed by atoms with Gasteiger partial charge in [-0.3, -0.25) is 4.40 Å². The van der Waals surface area contributed by atoms with E-state index in [2.05, 4.69) is 42.2 Å². The Balaban J connectivity index is 1.91. The van der Waals surface area contributed by atoms with Crippen molar-refractivity contribution < 1.29 is 0 Å². The van der Waals surface area contributed by atoms with Crippen LogP contribution in [0.15, 0.2) is 63.9 Å². The van der Waals surface area contributed by atoms with E-state index >= 15 is 0 Å². The van der Waals surface area contributed by atoms with Gasteiger partial charge in [-0.1, -0.05) is 44.0 Å². The number of fused-ring (bicyclic) bond motifs is 3. The molecule has 4 aromatic rings. The summed E-state index contributed by atoms with van der Waals surface area (Å²) in [5.41, 5.74) is 3.85. The maximum absolute atomic E-state index is 4.73. The Morgan fingerprint density at radius 2 is 1.73 bits per heavy atom. The van der Waals surface area contributed by atoms with Crippen LogP contribution in [-0.4, -0.2) is 14.4 Å². The van der Waals surface area contributed by atoms with Crippen molar-refractivity contribution in [2.45, 2.75) is 0 Å². The Kier molecular flexibility index (Phi) is 3.35. The van der Waals surface area contributed by atoms with E-state index in [0.29, 0.717) is 0 Å². The van der Waals surface area contributed by atoms with Crippen LogP contribution < -0.4 is 5.32 Å². The number of imidazole rings is 1. The maximum atomic E-state index is 4.73. The molecule has 108 valence electrons. The molecule has 0 spiro atoms. The molecule has 1 N–H and O–H groups in total. The number of aromatic nitrogens is 3. The Bertz CT molecular complexity index is 974. The SMILES string of the molecule is Brc1cc(Br)cc(Nc2nc3ccccc3n3cncc23)c1. The van der Waals surface area contributed by atoms with Crippen LogP contribution in [0.3, 0.4) is 0 Å². The van der Waals surface area contributed by atoms with E-state index in [-0.39, 0.29) is 0 Å². The summed E-state index contributed by atoms with van der Waals surface area (Å²) in [4.78, 5) is 8.98. The molecule has 0 aliphatic heterocycles. The van der Waals surface area contributed by atoms with Gasteiger partial charge in [-0.05, 0) is 30.3 Å². The highest BCUT2D eigenvalue weighted by molar-refractivity contribution is 9.11. The number of halogens is 2. The monoisotopic (exact) mass is 416 g/mol. The van der Waals surface area contributed by atoms with Gasteiger partial charge in [-0.25, -0.2) is 9.97 Å². The molecule has 0 radical (unpaired) electrons. The zero-order valence-electron chi connectivity index (χ0n) is 11.3. The molecule has 0 aliphatic rings. The van der Waals surface area contributed by atoms with Gasteiger partial charge in [0.15, 0.2) is 5.82 Å². The molecular formula is C16H10Br2N4. The number of nitrogens with one attached hydrogen (secondary N) is 1. The summed E-state index contributed by atoms with van der Waals surface area (Å²) in [5, 5.41) is 3.37. The van der Waals surface area contributed by atoms with Crippen molar-refractivity contribution in [2.24, 2.45) is 0 Å². The fourth-order valence-corrected chi connectivity index (χ4v) is 3.75. The predicted octanol–water partition coefficient (Wildman–Crippen LogP) is 5.15. The number of hydrogen-bond acceptors (Lipinski definition) is 3. The van der Waals surface area contributed by atoms with Crippen LogP contribution >= 0.6 is 31.9 Å². The maximum Gasteiger partial charge on any atom is 0.157 e. The van der Waals surface area contributed by atoms with Crippen molar-refractivity contribution in [3.05, 3.63) is 63.9 Å². The lowest BCUT2D eigenvalue weighted by Crippen LogP contribution is -1.99. The lowest BCUT2D eigenvalue weighted by Gasteiger charge is -2.10. The summed E-state index contributed by atoms with van der Waals surface area (Å²) in [6.45, 7) is 0. The van der Waals surface area contributed by atoms with Gasteiger partial charge in [0.1, 0.15) is 5.52 Å². The highest BCUT2D eigenvalue weighted by atomic mass is 79.9. The summed E-state index contributed by atoms with van der Waals surface area (Å²) < 4.78 is 4.03. The normalized spacial score (nSPS) is 11.2. The number of benzene rings is 2. The first-order valence-electron chi connectivity index (χ1n) is 6.65.